The van der Waals surface area contributed by atoms with Gasteiger partial charge in [0.1, 0.15) is 12.1 Å². The fourth-order valence-corrected chi connectivity index (χ4v) is 2.44. The van der Waals surface area contributed by atoms with E-state index in [1.165, 1.54) is 6.20 Å². The average molecular weight is 392 g/mol. The quantitative estimate of drug-likeness (QED) is 0.625. The topological polar surface area (TPSA) is 99.4 Å². The summed E-state index contributed by atoms with van der Waals surface area (Å²) in [5.41, 5.74) is 10.6. The highest BCUT2D eigenvalue weighted by Crippen LogP contribution is 2.25. The Morgan fingerprint density at radius 1 is 0.920 bits per heavy atom. The van der Waals surface area contributed by atoms with E-state index in [9.17, 15) is 0 Å². The van der Waals surface area contributed by atoms with Crippen LogP contribution in [0.5, 0.6) is 0 Å². The number of aromatic nitrogens is 2. The Kier molecular flexibility index (Phi) is 6.22. The van der Waals surface area contributed by atoms with Crippen molar-refractivity contribution >= 4 is 21.6 Å². The summed E-state index contributed by atoms with van der Waals surface area (Å²) in [4.78, 5) is 7.82. The molecule has 2 aromatic heterocycles. The third kappa shape index (κ3) is 5.13. The van der Waals surface area contributed by atoms with E-state index in [1.54, 1.807) is 24.7 Å². The number of hydrogen-bond donors (Lipinski definition) is 1. The van der Waals surface area contributed by atoms with Crippen LogP contribution in [0.1, 0.15) is 16.7 Å². The Hall–Kier alpha value is -3.22. The van der Waals surface area contributed by atoms with Gasteiger partial charge in [0.25, 0.3) is 0 Å². The summed E-state index contributed by atoms with van der Waals surface area (Å²) in [7, 11) is 0. The van der Waals surface area contributed by atoms with Crippen molar-refractivity contribution in [2.45, 2.75) is 6.92 Å². The third-order valence-electron chi connectivity index (χ3n) is 3.27. The summed E-state index contributed by atoms with van der Waals surface area (Å²) >= 11 is 3.19. The van der Waals surface area contributed by atoms with Gasteiger partial charge in [0.05, 0.1) is 11.1 Å². The number of rotatable bonds is 1. The molecule has 0 aliphatic carbocycles. The van der Waals surface area contributed by atoms with Gasteiger partial charge in [-0.2, -0.15) is 10.5 Å². The lowest BCUT2D eigenvalue weighted by molar-refractivity contribution is 1.28. The van der Waals surface area contributed by atoms with Crippen LogP contribution in [0, 0.1) is 29.6 Å². The van der Waals surface area contributed by atoms with Crippen LogP contribution in [0.2, 0.25) is 0 Å². The van der Waals surface area contributed by atoms with E-state index in [4.69, 9.17) is 16.3 Å². The molecule has 0 amide bonds. The molecular formula is C19H14BrN5. The van der Waals surface area contributed by atoms with E-state index in [0.717, 1.165) is 21.2 Å². The molecule has 0 saturated carbocycles. The summed E-state index contributed by atoms with van der Waals surface area (Å²) < 4.78 is 0.835. The number of anilines is 1. The fraction of sp³-hybridized carbons (Fsp3) is 0.0526. The molecule has 2 N–H and O–H groups in total. The summed E-state index contributed by atoms with van der Waals surface area (Å²) in [6, 6.07) is 13.3. The van der Waals surface area contributed by atoms with Gasteiger partial charge in [-0.25, -0.2) is 0 Å². The van der Waals surface area contributed by atoms with Crippen molar-refractivity contribution in [2.24, 2.45) is 0 Å². The van der Waals surface area contributed by atoms with Crippen LogP contribution in [0.15, 0.2) is 59.6 Å². The lowest BCUT2D eigenvalue weighted by Gasteiger charge is -2.06. The van der Waals surface area contributed by atoms with Crippen molar-refractivity contribution in [3.63, 3.8) is 0 Å². The predicted octanol–water partition coefficient (Wildman–Crippen LogP) is 4.23. The Balaban J connectivity index is 0.000000212. The third-order valence-corrected chi connectivity index (χ3v) is 3.71. The van der Waals surface area contributed by atoms with Crippen LogP contribution < -0.4 is 5.73 Å². The normalized spacial score (nSPS) is 9.28. The number of hydrogen-bond acceptors (Lipinski definition) is 5. The first-order chi connectivity index (χ1) is 12.0. The van der Waals surface area contributed by atoms with E-state index < -0.39 is 0 Å². The summed E-state index contributed by atoms with van der Waals surface area (Å²) in [6.45, 7) is 2.01. The second-order valence-electron chi connectivity index (χ2n) is 5.15. The smallest absolute Gasteiger partial charge is 0.101 e. The van der Waals surface area contributed by atoms with Crippen molar-refractivity contribution in [1.82, 2.24) is 9.97 Å². The van der Waals surface area contributed by atoms with Crippen molar-refractivity contribution in [3.05, 3.63) is 76.3 Å². The average Bonchev–Trinajstić information content (AvgIpc) is 2.64. The van der Waals surface area contributed by atoms with Crippen molar-refractivity contribution in [2.75, 3.05) is 5.73 Å². The van der Waals surface area contributed by atoms with E-state index >= 15 is 0 Å². The van der Waals surface area contributed by atoms with Crippen molar-refractivity contribution in [1.29, 1.82) is 10.5 Å². The minimum atomic E-state index is 0.555. The highest BCUT2D eigenvalue weighted by atomic mass is 79.9. The van der Waals surface area contributed by atoms with E-state index in [-0.39, 0.29) is 0 Å². The molecule has 0 spiro atoms. The second-order valence-corrected chi connectivity index (χ2v) is 6.07. The van der Waals surface area contributed by atoms with Crippen LogP contribution in [0.25, 0.3) is 11.1 Å². The van der Waals surface area contributed by atoms with Crippen LogP contribution in [0.4, 0.5) is 5.69 Å². The van der Waals surface area contributed by atoms with Gasteiger partial charge < -0.3 is 5.73 Å². The summed E-state index contributed by atoms with van der Waals surface area (Å²) in [6.07, 6.45) is 6.44. The number of aryl methyl sites for hydroxylation is 1. The highest BCUT2D eigenvalue weighted by molar-refractivity contribution is 9.10. The van der Waals surface area contributed by atoms with Crippen LogP contribution in [-0.2, 0) is 0 Å². The number of nitriles is 2. The molecule has 1 aromatic carbocycles. The van der Waals surface area contributed by atoms with Gasteiger partial charge in [-0.3, -0.25) is 9.97 Å². The Labute approximate surface area is 154 Å². The molecule has 0 radical (unpaired) electrons. The van der Waals surface area contributed by atoms with E-state index in [1.807, 2.05) is 37.3 Å². The fourth-order valence-electron chi connectivity index (χ4n) is 2.07. The van der Waals surface area contributed by atoms with Gasteiger partial charge in [-0.1, -0.05) is 6.07 Å². The maximum absolute atomic E-state index is 8.82. The van der Waals surface area contributed by atoms with E-state index in [0.29, 0.717) is 16.8 Å². The van der Waals surface area contributed by atoms with Gasteiger partial charge in [-0.05, 0) is 58.2 Å². The van der Waals surface area contributed by atoms with Gasteiger partial charge >= 0.3 is 0 Å². The molecule has 0 bridgehead atoms. The molecule has 0 aliphatic rings. The Bertz CT molecular complexity index is 970. The number of benzene rings is 1. The highest BCUT2D eigenvalue weighted by Gasteiger charge is 2.03. The molecule has 0 unspecified atom stereocenters. The van der Waals surface area contributed by atoms with Gasteiger partial charge in [0.15, 0.2) is 0 Å². The molecule has 2 heterocycles. The minimum absolute atomic E-state index is 0.555. The molecule has 0 atom stereocenters. The molecule has 3 rings (SSSR count). The largest absolute Gasteiger partial charge is 0.399 e. The van der Waals surface area contributed by atoms with Crippen LogP contribution in [-0.4, -0.2) is 9.97 Å². The van der Waals surface area contributed by atoms with E-state index in [2.05, 4.69) is 32.0 Å². The molecule has 0 saturated heterocycles. The molecule has 3 aromatic rings. The maximum atomic E-state index is 8.82. The zero-order valence-corrected chi connectivity index (χ0v) is 15.0. The van der Waals surface area contributed by atoms with Gasteiger partial charge in [0.2, 0.25) is 0 Å². The number of nitrogens with zero attached hydrogens (tertiary/aromatic N) is 4. The SMILES string of the molecule is Cc1ccc(N)cc1-c1cncc(C#N)c1.N#Cc1cncc(Br)c1. The van der Waals surface area contributed by atoms with Crippen LogP contribution in [0.3, 0.4) is 0 Å². The molecule has 122 valence electrons. The minimum Gasteiger partial charge on any atom is -0.399 e. The Morgan fingerprint density at radius 2 is 1.56 bits per heavy atom. The first kappa shape index (κ1) is 18.1. The number of nitrogen functional groups attached to an aromatic ring is 1. The molecule has 0 fully saturated rings. The zero-order chi connectivity index (χ0) is 18.2. The number of halogens is 1. The molecule has 0 aliphatic heterocycles. The summed E-state index contributed by atoms with van der Waals surface area (Å²) in [5, 5.41) is 17.2. The standard InChI is InChI=1S/C13H11N3.C6H3BrN2/c1-9-2-3-12(15)5-13(9)11-4-10(6-14)7-16-8-11;7-6-1-5(2-8)3-9-4-6/h2-5,7-8H,15H2,1H3;1,3-4H. The van der Waals surface area contributed by atoms with Crippen LogP contribution >= 0.6 is 15.9 Å². The first-order valence-corrected chi connectivity index (χ1v) is 8.05. The first-order valence-electron chi connectivity index (χ1n) is 7.26. The Morgan fingerprint density at radius 3 is 2.16 bits per heavy atom. The molecule has 6 heteroatoms. The number of pyridine rings is 2. The number of nitrogens with two attached hydrogens (primary N) is 1. The lowest BCUT2D eigenvalue weighted by Crippen LogP contribution is -1.90. The van der Waals surface area contributed by atoms with Gasteiger partial charge in [0, 0.05) is 40.5 Å². The lowest BCUT2D eigenvalue weighted by atomic mass is 10.0. The zero-order valence-electron chi connectivity index (χ0n) is 13.4. The molecule has 25 heavy (non-hydrogen) atoms. The molecular weight excluding hydrogens is 378 g/mol. The monoisotopic (exact) mass is 391 g/mol. The van der Waals surface area contributed by atoms with Crippen molar-refractivity contribution < 1.29 is 0 Å². The van der Waals surface area contributed by atoms with Crippen molar-refractivity contribution in [3.8, 4) is 23.3 Å². The summed E-state index contributed by atoms with van der Waals surface area (Å²) in [5.74, 6) is 0. The maximum Gasteiger partial charge on any atom is 0.101 e. The van der Waals surface area contributed by atoms with Gasteiger partial charge in [-0.15, -0.1) is 0 Å². The second kappa shape index (κ2) is 8.58. The predicted molar refractivity (Wildman–Crippen MR) is 100 cm³/mol. The molecule has 5 nitrogen and oxygen atoms in total.